The Kier molecular flexibility index (Phi) is 16.1. The van der Waals surface area contributed by atoms with E-state index in [1.807, 2.05) is 40.1 Å². The van der Waals surface area contributed by atoms with Crippen molar-refractivity contribution in [2.45, 2.75) is 58.5 Å². The average Bonchev–Trinajstić information content (AvgIpc) is 3.62. The normalized spacial score (nSPS) is 15.6. The fraction of sp³-hybridized carbons (Fsp3) is 0.314. The van der Waals surface area contributed by atoms with E-state index >= 15 is 8.78 Å². The number of alkyl halides is 3. The molecule has 5 aromatic carbocycles. The number of sulfonamides is 1. The van der Waals surface area contributed by atoms with Crippen LogP contribution in [-0.4, -0.2) is 112 Å². The number of thioether (sulfide) groups is 1. The van der Waals surface area contributed by atoms with Crippen LogP contribution in [0.5, 0.6) is 0 Å². The first-order valence-electron chi connectivity index (χ1n) is 23.2. The molecule has 22 heteroatoms. The number of carboxylic acids is 1. The van der Waals surface area contributed by atoms with Gasteiger partial charge in [0.1, 0.15) is 4.90 Å². The quantitative estimate of drug-likeness (QED) is 0.0506. The summed E-state index contributed by atoms with van der Waals surface area (Å²) in [6.45, 7) is 4.77. The lowest BCUT2D eigenvalue weighted by atomic mass is 9.95. The second kappa shape index (κ2) is 21.9. The van der Waals surface area contributed by atoms with Gasteiger partial charge in [0.15, 0.2) is 11.6 Å². The maximum absolute atomic E-state index is 15.9. The summed E-state index contributed by atoms with van der Waals surface area (Å²) in [5.74, 6) is -3.34. The molecule has 3 heterocycles. The third-order valence-electron chi connectivity index (χ3n) is 13.2. The first-order valence-corrected chi connectivity index (χ1v) is 27.5. The van der Waals surface area contributed by atoms with Crippen molar-refractivity contribution in [1.82, 2.24) is 9.47 Å². The Labute approximate surface area is 429 Å². The van der Waals surface area contributed by atoms with Gasteiger partial charge in [0.05, 0.1) is 27.9 Å². The maximum Gasteiger partial charge on any atom is 0.501 e. The number of nitrogens with zero attached hydrogens (tertiary/aromatic N) is 4. The van der Waals surface area contributed by atoms with Crippen LogP contribution in [0.25, 0.3) is 22.4 Å². The molecule has 0 amide bonds. The molecule has 0 spiro atoms. The number of hydrogen-bond acceptors (Lipinski definition) is 11. The van der Waals surface area contributed by atoms with Crippen LogP contribution in [0.2, 0.25) is 5.02 Å². The van der Waals surface area contributed by atoms with Crippen LogP contribution in [0.1, 0.15) is 35.3 Å². The number of carbonyl (C=O) groups is 1. The summed E-state index contributed by atoms with van der Waals surface area (Å²) in [4.78, 5) is 17.5. The predicted molar refractivity (Wildman–Crippen MR) is 275 cm³/mol. The Hall–Kier alpha value is -5.84. The van der Waals surface area contributed by atoms with Gasteiger partial charge >= 0.3 is 11.5 Å². The number of carboxylic acid groups (broad SMARTS) is 1. The number of halogens is 6. The van der Waals surface area contributed by atoms with E-state index in [0.29, 0.717) is 110 Å². The molecule has 6 aromatic rings. The number of aromatic nitrogens is 1. The van der Waals surface area contributed by atoms with Gasteiger partial charge in [0.2, 0.25) is 0 Å². The van der Waals surface area contributed by atoms with Gasteiger partial charge in [-0.25, -0.2) is 30.4 Å². The van der Waals surface area contributed by atoms with Crippen LogP contribution in [0, 0.1) is 18.6 Å². The fourth-order valence-corrected chi connectivity index (χ4v) is 12.4. The molecule has 0 aliphatic carbocycles. The lowest BCUT2D eigenvalue weighted by Crippen LogP contribution is -2.46. The number of hydrogen-bond donors (Lipinski definition) is 4. The van der Waals surface area contributed by atoms with E-state index in [0.717, 1.165) is 23.1 Å². The highest BCUT2D eigenvalue weighted by atomic mass is 35.5. The van der Waals surface area contributed by atoms with Gasteiger partial charge in [-0.1, -0.05) is 41.9 Å². The molecule has 2 aliphatic rings. The topological polar surface area (TPSA) is 165 Å². The van der Waals surface area contributed by atoms with E-state index in [-0.39, 0.29) is 22.4 Å². The fourth-order valence-electron chi connectivity index (χ4n) is 9.14. The highest BCUT2D eigenvalue weighted by Crippen LogP contribution is 2.43. The van der Waals surface area contributed by atoms with Crippen molar-refractivity contribution in [3.8, 4) is 22.4 Å². The van der Waals surface area contributed by atoms with Crippen LogP contribution >= 0.6 is 23.4 Å². The number of benzene rings is 5. The molecule has 1 atom stereocenters. The Balaban J connectivity index is 0.979. The average molecular weight is 1090 g/mol. The summed E-state index contributed by atoms with van der Waals surface area (Å²) in [7, 11) is -9.07. The number of nitrogens with one attached hydrogen (secondary N) is 2. The molecular formula is C51H52ClF5N6O7S3. The van der Waals surface area contributed by atoms with Crippen molar-refractivity contribution < 1.29 is 53.8 Å². The predicted octanol–water partition coefficient (Wildman–Crippen LogP) is 10.1. The number of rotatable bonds is 17. The van der Waals surface area contributed by atoms with Gasteiger partial charge in [0.25, 0.3) is 19.9 Å². The first kappa shape index (κ1) is 53.5. The number of aromatic carboxylic acids is 1. The molecule has 73 heavy (non-hydrogen) atoms. The number of sulfone groups is 1. The molecule has 13 nitrogen and oxygen atoms in total. The highest BCUT2D eigenvalue weighted by molar-refractivity contribution is 7.99. The summed E-state index contributed by atoms with van der Waals surface area (Å²) in [6, 6.07) is 26.5. The molecule has 2 saturated heterocycles. The van der Waals surface area contributed by atoms with E-state index in [9.17, 15) is 45.0 Å². The van der Waals surface area contributed by atoms with Gasteiger partial charge < -0.3 is 34.8 Å². The lowest BCUT2D eigenvalue weighted by Gasteiger charge is -2.37. The van der Waals surface area contributed by atoms with E-state index in [2.05, 4.69) is 14.9 Å². The van der Waals surface area contributed by atoms with Crippen LogP contribution in [0.3, 0.4) is 0 Å². The van der Waals surface area contributed by atoms with Gasteiger partial charge in [-0.05, 0) is 105 Å². The molecule has 0 bridgehead atoms. The zero-order valence-electron chi connectivity index (χ0n) is 39.5. The zero-order valence-corrected chi connectivity index (χ0v) is 42.7. The van der Waals surface area contributed by atoms with Crippen molar-refractivity contribution >= 4 is 71.9 Å². The van der Waals surface area contributed by atoms with Crippen LogP contribution in [-0.2, 0) is 26.9 Å². The Bertz CT molecular complexity index is 3190. The Morgan fingerprint density at radius 3 is 2.08 bits per heavy atom. The SMILES string of the molecule is Cc1c(C(=O)O)c(-c2cc(N3CCN(c4ccc(NS(=O)(=O)c5ccc(N[C@H](CCN6CCC(O)CC6)CSc6ccccc6)c(S(=O)(=O)C(F)(F)F)c5)cc4)CC3)cc(F)c2F)c(-c2ccc(Cl)cc2)n1C. The smallest absolute Gasteiger partial charge is 0.478 e. The van der Waals surface area contributed by atoms with Gasteiger partial charge in [-0.15, -0.1) is 11.8 Å². The van der Waals surface area contributed by atoms with Crippen molar-refractivity contribution in [3.05, 3.63) is 137 Å². The van der Waals surface area contributed by atoms with Crippen LogP contribution in [0.15, 0.2) is 124 Å². The molecule has 0 radical (unpaired) electrons. The summed E-state index contributed by atoms with van der Waals surface area (Å²) >= 11 is 7.55. The Morgan fingerprint density at radius 1 is 0.836 bits per heavy atom. The third kappa shape index (κ3) is 11.9. The van der Waals surface area contributed by atoms with E-state index in [1.54, 1.807) is 54.9 Å². The minimum atomic E-state index is -6.07. The molecule has 4 N–H and O–H groups in total. The molecule has 0 saturated carbocycles. The van der Waals surface area contributed by atoms with Gasteiger partial charge in [-0.2, -0.15) is 13.2 Å². The largest absolute Gasteiger partial charge is 0.501 e. The number of likely N-dealkylation sites (tertiary alicyclic amines) is 1. The summed E-state index contributed by atoms with van der Waals surface area (Å²) in [5, 5.41) is 23.7. The summed E-state index contributed by atoms with van der Waals surface area (Å²) < 4.78 is 132. The standard InChI is InChI=1S/C51H52ClF5N6O7S3/c1-32-46(50(65)66)47(49(60(32)2)33-8-10-34(52)11-9-33)42-28-38(29-43(53)48(42)54)63-26-24-62(25-27-63)37-14-12-35(13-15-37)59-73(69,70)41-16-17-44(45(30-41)72(67,68)51(55,56)57)58-36(31-71-40-6-4-3-5-7-40)18-21-61-22-19-39(64)20-23-61/h3-17,28-30,36,39,58-59,64H,18-27,31H2,1-2H3,(H,65,66)/t36-/m1/s1. The van der Waals surface area contributed by atoms with Gasteiger partial charge in [-0.3, -0.25) is 4.72 Å². The van der Waals surface area contributed by atoms with Crippen molar-refractivity contribution in [2.75, 3.05) is 71.4 Å². The molecule has 0 unspecified atom stereocenters. The molecule has 8 rings (SSSR count). The number of aliphatic hydroxyl groups is 1. The molecular weight excluding hydrogens is 1040 g/mol. The second-order valence-corrected chi connectivity index (χ2v) is 23.0. The van der Waals surface area contributed by atoms with Crippen LogP contribution < -0.4 is 19.8 Å². The monoisotopic (exact) mass is 1090 g/mol. The number of aliphatic hydroxyl groups excluding tert-OH is 1. The van der Waals surface area contributed by atoms with E-state index in [1.165, 1.54) is 30.0 Å². The van der Waals surface area contributed by atoms with E-state index in [4.69, 9.17) is 11.6 Å². The number of anilines is 4. The van der Waals surface area contributed by atoms with E-state index < -0.39 is 70.6 Å². The van der Waals surface area contributed by atoms with Crippen molar-refractivity contribution in [1.29, 1.82) is 0 Å². The minimum Gasteiger partial charge on any atom is -0.478 e. The van der Waals surface area contributed by atoms with Crippen molar-refractivity contribution in [2.24, 2.45) is 7.05 Å². The minimum absolute atomic E-state index is 0.0171. The molecule has 1 aromatic heterocycles. The summed E-state index contributed by atoms with van der Waals surface area (Å²) in [6.07, 6.45) is 1.15. The van der Waals surface area contributed by atoms with Crippen LogP contribution in [0.4, 0.5) is 44.7 Å². The number of piperazine rings is 1. The van der Waals surface area contributed by atoms with Crippen molar-refractivity contribution in [3.63, 3.8) is 0 Å². The molecule has 388 valence electrons. The second-order valence-electron chi connectivity index (χ2n) is 17.9. The Morgan fingerprint density at radius 2 is 1.47 bits per heavy atom. The zero-order chi connectivity index (χ0) is 52.4. The number of piperidine rings is 1. The maximum atomic E-state index is 15.9. The lowest BCUT2D eigenvalue weighted by molar-refractivity contribution is -0.0436. The first-order chi connectivity index (χ1) is 34.6. The summed E-state index contributed by atoms with van der Waals surface area (Å²) in [5.41, 5.74) is -4.27. The molecule has 2 fully saturated rings. The van der Waals surface area contributed by atoms with Gasteiger partial charge in [0, 0.05) is 115 Å². The molecule has 2 aliphatic heterocycles. The highest BCUT2D eigenvalue weighted by Gasteiger charge is 2.48. The third-order valence-corrected chi connectivity index (χ3v) is 17.5.